The van der Waals surface area contributed by atoms with Crippen molar-refractivity contribution in [2.75, 3.05) is 7.11 Å². The maximum atomic E-state index is 13.6. The Labute approximate surface area is 198 Å². The quantitative estimate of drug-likeness (QED) is 0.480. The summed E-state index contributed by atoms with van der Waals surface area (Å²) in [7, 11) is 1.61. The fourth-order valence-electron chi connectivity index (χ4n) is 4.33. The van der Waals surface area contributed by atoms with Gasteiger partial charge in [-0.05, 0) is 61.0 Å². The first-order chi connectivity index (χ1) is 16.0. The average Bonchev–Trinajstić information content (AvgIpc) is 3.58. The smallest absolute Gasteiger partial charge is 0.250 e. The van der Waals surface area contributed by atoms with E-state index in [0.29, 0.717) is 17.3 Å². The van der Waals surface area contributed by atoms with Gasteiger partial charge in [0, 0.05) is 17.5 Å². The van der Waals surface area contributed by atoms with Crippen molar-refractivity contribution in [1.82, 2.24) is 10.2 Å². The molecular weight excluding hydrogens is 436 g/mol. The van der Waals surface area contributed by atoms with Crippen LogP contribution in [0.25, 0.3) is 0 Å². The molecule has 1 aliphatic rings. The number of hydrogen-bond acceptors (Lipinski definition) is 5. The average molecular weight is 467 g/mol. The lowest BCUT2D eigenvalue weighted by Crippen LogP contribution is -2.46. The van der Waals surface area contributed by atoms with Crippen LogP contribution in [0, 0.1) is 6.92 Å². The molecule has 1 unspecified atom stereocenters. The topological polar surface area (TPSA) is 71.8 Å². The SMILES string of the molecule is COc1cccc(CN(C(=O)Cc2cccs2)C(C(=O)NC2CCCC2)c2ccc(C)o2)c1. The van der Waals surface area contributed by atoms with Gasteiger partial charge in [0.1, 0.15) is 17.3 Å². The predicted octanol–water partition coefficient (Wildman–Crippen LogP) is 5.03. The number of methoxy groups -OCH3 is 1. The molecule has 3 aromatic rings. The van der Waals surface area contributed by atoms with Gasteiger partial charge in [-0.3, -0.25) is 9.59 Å². The Hall–Kier alpha value is -3.06. The highest BCUT2D eigenvalue weighted by atomic mass is 32.1. The highest BCUT2D eigenvalue weighted by Gasteiger charge is 2.35. The van der Waals surface area contributed by atoms with Crippen molar-refractivity contribution in [3.63, 3.8) is 0 Å². The van der Waals surface area contributed by atoms with Crippen molar-refractivity contribution in [2.24, 2.45) is 0 Å². The molecule has 7 heteroatoms. The maximum Gasteiger partial charge on any atom is 0.250 e. The van der Waals surface area contributed by atoms with E-state index >= 15 is 0 Å². The van der Waals surface area contributed by atoms with Gasteiger partial charge in [-0.25, -0.2) is 0 Å². The molecule has 1 N–H and O–H groups in total. The molecule has 4 rings (SSSR count). The summed E-state index contributed by atoms with van der Waals surface area (Å²) in [5, 5.41) is 5.13. The molecule has 0 spiro atoms. The molecule has 2 aromatic heterocycles. The van der Waals surface area contributed by atoms with Crippen LogP contribution >= 0.6 is 11.3 Å². The van der Waals surface area contributed by atoms with Crippen LogP contribution in [0.15, 0.2) is 58.3 Å². The fourth-order valence-corrected chi connectivity index (χ4v) is 5.03. The van der Waals surface area contributed by atoms with E-state index in [9.17, 15) is 9.59 Å². The molecule has 0 radical (unpaired) electrons. The number of nitrogens with zero attached hydrogens (tertiary/aromatic N) is 1. The van der Waals surface area contributed by atoms with E-state index < -0.39 is 6.04 Å². The molecule has 174 valence electrons. The van der Waals surface area contributed by atoms with E-state index in [0.717, 1.165) is 36.1 Å². The predicted molar refractivity (Wildman–Crippen MR) is 128 cm³/mol. The lowest BCUT2D eigenvalue weighted by Gasteiger charge is -2.31. The number of carbonyl (C=O) groups is 2. The Morgan fingerprint density at radius 1 is 1.18 bits per heavy atom. The number of nitrogens with one attached hydrogen (secondary N) is 1. The Balaban J connectivity index is 1.68. The summed E-state index contributed by atoms with van der Waals surface area (Å²) in [5.41, 5.74) is 0.885. The number of aryl methyl sites for hydroxylation is 1. The standard InChI is InChI=1S/C26H30N2O4S/c1-18-12-13-23(32-18)25(26(30)27-20-8-3-4-9-20)28(24(29)16-22-11-6-14-33-22)17-19-7-5-10-21(15-19)31-2/h5-7,10-15,20,25H,3-4,8-9,16-17H2,1-2H3,(H,27,30). The first kappa shape index (κ1) is 23.1. The first-order valence-corrected chi connectivity index (χ1v) is 12.2. The summed E-state index contributed by atoms with van der Waals surface area (Å²) in [6.45, 7) is 2.11. The Morgan fingerprint density at radius 3 is 2.67 bits per heavy atom. The van der Waals surface area contributed by atoms with Gasteiger partial charge < -0.3 is 19.4 Å². The lowest BCUT2D eigenvalue weighted by molar-refractivity contribution is -0.142. The number of thiophene rings is 1. The van der Waals surface area contributed by atoms with Crippen molar-refractivity contribution in [3.8, 4) is 5.75 Å². The summed E-state index contributed by atoms with van der Waals surface area (Å²) >= 11 is 1.54. The van der Waals surface area contributed by atoms with Crippen molar-refractivity contribution < 1.29 is 18.7 Å². The van der Waals surface area contributed by atoms with E-state index in [1.165, 1.54) is 11.3 Å². The molecule has 6 nitrogen and oxygen atoms in total. The number of benzene rings is 1. The monoisotopic (exact) mass is 466 g/mol. The van der Waals surface area contributed by atoms with Gasteiger partial charge >= 0.3 is 0 Å². The zero-order valence-electron chi connectivity index (χ0n) is 19.1. The number of ether oxygens (including phenoxy) is 1. The van der Waals surface area contributed by atoms with Gasteiger partial charge in [-0.1, -0.05) is 31.0 Å². The van der Waals surface area contributed by atoms with Crippen LogP contribution < -0.4 is 10.1 Å². The number of rotatable bonds is 9. The zero-order valence-corrected chi connectivity index (χ0v) is 19.9. The van der Waals surface area contributed by atoms with Crippen molar-refractivity contribution in [2.45, 2.75) is 57.7 Å². The summed E-state index contributed by atoms with van der Waals surface area (Å²) in [6.07, 6.45) is 4.39. The van der Waals surface area contributed by atoms with Crippen LogP contribution in [-0.2, 0) is 22.6 Å². The first-order valence-electron chi connectivity index (χ1n) is 11.3. The van der Waals surface area contributed by atoms with Crippen LogP contribution in [0.2, 0.25) is 0 Å². The molecule has 2 heterocycles. The normalized spacial score (nSPS) is 14.7. The van der Waals surface area contributed by atoms with Crippen molar-refractivity contribution in [1.29, 1.82) is 0 Å². The van der Waals surface area contributed by atoms with E-state index in [2.05, 4.69) is 5.32 Å². The second-order valence-electron chi connectivity index (χ2n) is 8.47. The Bertz CT molecular complexity index is 1070. The van der Waals surface area contributed by atoms with Crippen LogP contribution in [0.5, 0.6) is 5.75 Å². The maximum absolute atomic E-state index is 13.6. The summed E-state index contributed by atoms with van der Waals surface area (Å²) < 4.78 is 11.3. The minimum Gasteiger partial charge on any atom is -0.497 e. The van der Waals surface area contributed by atoms with Gasteiger partial charge in [0.25, 0.3) is 5.91 Å². The Morgan fingerprint density at radius 2 is 2.00 bits per heavy atom. The highest BCUT2D eigenvalue weighted by molar-refractivity contribution is 7.10. The van der Waals surface area contributed by atoms with Crippen molar-refractivity contribution in [3.05, 3.63) is 75.9 Å². The molecule has 1 fully saturated rings. The van der Waals surface area contributed by atoms with Crippen LogP contribution in [-0.4, -0.2) is 29.9 Å². The molecule has 0 bridgehead atoms. The zero-order chi connectivity index (χ0) is 23.2. The number of carbonyl (C=O) groups excluding carboxylic acids is 2. The summed E-state index contributed by atoms with van der Waals surface area (Å²) in [4.78, 5) is 29.8. The molecule has 1 atom stereocenters. The minimum atomic E-state index is -0.849. The van der Waals surface area contributed by atoms with Gasteiger partial charge in [0.15, 0.2) is 6.04 Å². The largest absolute Gasteiger partial charge is 0.497 e. The third kappa shape index (κ3) is 5.85. The minimum absolute atomic E-state index is 0.124. The third-order valence-electron chi connectivity index (χ3n) is 6.01. The molecule has 1 saturated carbocycles. The third-order valence-corrected chi connectivity index (χ3v) is 6.88. The Kier molecular flexibility index (Phi) is 7.50. The molecular formula is C26H30N2O4S. The summed E-state index contributed by atoms with van der Waals surface area (Å²) in [6, 6.07) is 14.4. The second kappa shape index (κ2) is 10.7. The van der Waals surface area contributed by atoms with Crippen LogP contribution in [0.4, 0.5) is 0 Å². The molecule has 2 amide bonds. The number of amides is 2. The molecule has 1 aliphatic carbocycles. The molecule has 1 aromatic carbocycles. The van der Waals surface area contributed by atoms with Gasteiger partial charge in [-0.2, -0.15) is 0 Å². The highest BCUT2D eigenvalue weighted by Crippen LogP contribution is 2.29. The molecule has 0 saturated heterocycles. The van der Waals surface area contributed by atoms with Crippen molar-refractivity contribution >= 4 is 23.2 Å². The number of hydrogen-bond donors (Lipinski definition) is 1. The van der Waals surface area contributed by atoms with E-state index in [-0.39, 0.29) is 30.8 Å². The van der Waals surface area contributed by atoms with Gasteiger partial charge in [-0.15, -0.1) is 11.3 Å². The summed E-state index contributed by atoms with van der Waals surface area (Å²) in [5.74, 6) is 1.57. The second-order valence-corrected chi connectivity index (χ2v) is 9.50. The number of furan rings is 1. The van der Waals surface area contributed by atoms with Crippen LogP contribution in [0.3, 0.4) is 0 Å². The van der Waals surface area contributed by atoms with Gasteiger partial charge in [0.05, 0.1) is 13.5 Å². The molecule has 33 heavy (non-hydrogen) atoms. The van der Waals surface area contributed by atoms with E-state index in [4.69, 9.17) is 9.15 Å². The van der Waals surface area contributed by atoms with E-state index in [1.807, 2.05) is 54.8 Å². The fraction of sp³-hybridized carbons (Fsp3) is 0.385. The van der Waals surface area contributed by atoms with Gasteiger partial charge in [0.2, 0.25) is 5.91 Å². The molecule has 0 aliphatic heterocycles. The van der Waals surface area contributed by atoms with E-state index in [1.54, 1.807) is 18.1 Å². The van der Waals surface area contributed by atoms with Crippen LogP contribution in [0.1, 0.15) is 53.7 Å². The lowest BCUT2D eigenvalue weighted by atomic mass is 10.1.